The zero-order chi connectivity index (χ0) is 25.1. The molecule has 4 saturated carbocycles. The Hall–Kier alpha value is -0.870. The summed E-state index contributed by atoms with van der Waals surface area (Å²) in [5.41, 5.74) is 0.672. The molecule has 5 rings (SSSR count). The summed E-state index contributed by atoms with van der Waals surface area (Å²) < 4.78 is 0. The second-order valence-corrected chi connectivity index (χ2v) is 14.6. The summed E-state index contributed by atoms with van der Waals surface area (Å²) in [4.78, 5) is 12.5. The second kappa shape index (κ2) is 7.34. The van der Waals surface area contributed by atoms with E-state index < -0.39 is 23.6 Å². The van der Waals surface area contributed by atoms with Crippen LogP contribution in [-0.4, -0.2) is 33.5 Å². The molecule has 0 aromatic rings. The Morgan fingerprint density at radius 1 is 0.941 bits per heavy atom. The van der Waals surface area contributed by atoms with Gasteiger partial charge in [-0.15, -0.1) is 0 Å². The van der Waals surface area contributed by atoms with Crippen LogP contribution < -0.4 is 0 Å². The number of allylic oxidation sites excluding steroid dienone is 2. The van der Waals surface area contributed by atoms with Crippen LogP contribution in [0.15, 0.2) is 11.6 Å². The first-order chi connectivity index (χ1) is 15.7. The van der Waals surface area contributed by atoms with Crippen molar-refractivity contribution in [2.75, 3.05) is 0 Å². The molecular weight excluding hydrogens is 424 g/mol. The van der Waals surface area contributed by atoms with Gasteiger partial charge < -0.3 is 15.3 Å². The number of carbonyl (C=O) groups is 1. The highest BCUT2D eigenvalue weighted by Gasteiger charge is 2.71. The molecule has 192 valence electrons. The minimum absolute atomic E-state index is 0.0749. The zero-order valence-corrected chi connectivity index (χ0v) is 22.5. The van der Waals surface area contributed by atoms with Gasteiger partial charge in [0.2, 0.25) is 0 Å². The molecule has 0 saturated heterocycles. The van der Waals surface area contributed by atoms with Crippen molar-refractivity contribution in [1.29, 1.82) is 0 Å². The zero-order valence-electron chi connectivity index (χ0n) is 22.5. The van der Waals surface area contributed by atoms with Gasteiger partial charge in [0, 0.05) is 0 Å². The number of rotatable bonds is 1. The Balaban J connectivity index is 1.61. The third-order valence-electron chi connectivity index (χ3n) is 13.5. The van der Waals surface area contributed by atoms with Crippen LogP contribution >= 0.6 is 0 Å². The summed E-state index contributed by atoms with van der Waals surface area (Å²) in [5, 5.41) is 32.1. The third-order valence-corrected chi connectivity index (χ3v) is 13.5. The standard InChI is InChI=1S/C30H48O4/c1-17-10-12-26(3)14-15-28(5)19(23(26)18(17)2)8-9-21-27(4)16-20(31)24(32)30(7,25(33)34)22(27)11-13-29(21,28)6/h8,17-18,20-24,31-32H,9-16H2,1-7H3,(H,33,34). The van der Waals surface area contributed by atoms with Crippen molar-refractivity contribution in [1.82, 2.24) is 0 Å². The Morgan fingerprint density at radius 2 is 1.62 bits per heavy atom. The summed E-state index contributed by atoms with van der Waals surface area (Å²) in [7, 11) is 0. The first-order valence-electron chi connectivity index (χ1n) is 14.0. The van der Waals surface area contributed by atoms with Gasteiger partial charge in [0.15, 0.2) is 0 Å². The van der Waals surface area contributed by atoms with E-state index in [9.17, 15) is 20.1 Å². The van der Waals surface area contributed by atoms with Gasteiger partial charge >= 0.3 is 5.97 Å². The number of fused-ring (bicyclic) bond motifs is 7. The molecular formula is C30H48O4. The molecule has 0 radical (unpaired) electrons. The molecule has 12 unspecified atom stereocenters. The van der Waals surface area contributed by atoms with E-state index in [-0.39, 0.29) is 22.2 Å². The number of carboxylic acids is 1. The number of aliphatic hydroxyl groups excluding tert-OH is 2. The van der Waals surface area contributed by atoms with Gasteiger partial charge in [-0.25, -0.2) is 0 Å². The molecule has 12 atom stereocenters. The van der Waals surface area contributed by atoms with E-state index in [1.807, 2.05) is 0 Å². The number of aliphatic carboxylic acids is 1. The number of carboxylic acid groups (broad SMARTS) is 1. The lowest BCUT2D eigenvalue weighted by Crippen LogP contribution is -2.68. The topological polar surface area (TPSA) is 77.8 Å². The molecule has 5 aliphatic rings. The van der Waals surface area contributed by atoms with Gasteiger partial charge in [-0.1, -0.05) is 53.2 Å². The van der Waals surface area contributed by atoms with Gasteiger partial charge in [0.1, 0.15) is 0 Å². The highest BCUT2D eigenvalue weighted by molar-refractivity contribution is 5.76. The van der Waals surface area contributed by atoms with Crippen molar-refractivity contribution in [3.05, 3.63) is 11.6 Å². The van der Waals surface area contributed by atoms with Crippen molar-refractivity contribution in [3.8, 4) is 0 Å². The minimum atomic E-state index is -1.31. The number of hydrogen-bond acceptors (Lipinski definition) is 3. The van der Waals surface area contributed by atoms with Crippen LogP contribution in [0.1, 0.15) is 99.8 Å². The van der Waals surface area contributed by atoms with Crippen LogP contribution in [0.25, 0.3) is 0 Å². The molecule has 0 aromatic heterocycles. The fraction of sp³-hybridized carbons (Fsp3) is 0.900. The summed E-state index contributed by atoms with van der Waals surface area (Å²) >= 11 is 0. The van der Waals surface area contributed by atoms with Crippen LogP contribution in [0, 0.1) is 56.7 Å². The van der Waals surface area contributed by atoms with E-state index in [0.29, 0.717) is 29.6 Å². The monoisotopic (exact) mass is 472 g/mol. The lowest BCUT2D eigenvalue weighted by Gasteiger charge is -2.71. The van der Waals surface area contributed by atoms with E-state index in [2.05, 4.69) is 47.6 Å². The van der Waals surface area contributed by atoms with Crippen molar-refractivity contribution in [3.63, 3.8) is 0 Å². The Kier molecular flexibility index (Phi) is 5.36. The van der Waals surface area contributed by atoms with Crippen LogP contribution in [0.5, 0.6) is 0 Å². The predicted molar refractivity (Wildman–Crippen MR) is 134 cm³/mol. The lowest BCUT2D eigenvalue weighted by molar-refractivity contribution is -0.239. The largest absolute Gasteiger partial charge is 0.481 e. The van der Waals surface area contributed by atoms with Gasteiger partial charge in [0.05, 0.1) is 17.6 Å². The van der Waals surface area contributed by atoms with Gasteiger partial charge in [-0.3, -0.25) is 4.79 Å². The Morgan fingerprint density at radius 3 is 2.26 bits per heavy atom. The predicted octanol–water partition coefficient (Wildman–Crippen LogP) is 6.06. The second-order valence-electron chi connectivity index (χ2n) is 14.6. The maximum Gasteiger partial charge on any atom is 0.312 e. The van der Waals surface area contributed by atoms with Gasteiger partial charge in [-0.2, -0.15) is 0 Å². The van der Waals surface area contributed by atoms with E-state index >= 15 is 0 Å². The lowest BCUT2D eigenvalue weighted by atomic mass is 9.33. The minimum Gasteiger partial charge on any atom is -0.481 e. The maximum absolute atomic E-state index is 12.5. The van der Waals surface area contributed by atoms with E-state index in [0.717, 1.165) is 25.2 Å². The molecule has 0 bridgehead atoms. The van der Waals surface area contributed by atoms with E-state index in [1.54, 1.807) is 12.5 Å². The summed E-state index contributed by atoms with van der Waals surface area (Å²) in [6.07, 6.45) is 8.83. The average Bonchev–Trinajstić information content (AvgIpc) is 2.76. The quantitative estimate of drug-likeness (QED) is 0.405. The Bertz CT molecular complexity index is 911. The summed E-state index contributed by atoms with van der Waals surface area (Å²) in [5.74, 6) is 1.31. The fourth-order valence-corrected chi connectivity index (χ4v) is 10.9. The summed E-state index contributed by atoms with van der Waals surface area (Å²) in [6, 6.07) is 0. The molecule has 4 nitrogen and oxygen atoms in total. The molecule has 0 spiro atoms. The molecule has 0 aromatic carbocycles. The average molecular weight is 473 g/mol. The van der Waals surface area contributed by atoms with Crippen molar-refractivity contribution in [2.24, 2.45) is 56.7 Å². The molecule has 0 heterocycles. The third kappa shape index (κ3) is 2.76. The van der Waals surface area contributed by atoms with Crippen molar-refractivity contribution >= 4 is 5.97 Å². The molecule has 0 aliphatic heterocycles. The van der Waals surface area contributed by atoms with Gasteiger partial charge in [-0.05, 0) is 110 Å². The Labute approximate surface area is 206 Å². The molecule has 0 amide bonds. The molecule has 4 fully saturated rings. The van der Waals surface area contributed by atoms with Crippen LogP contribution in [0.4, 0.5) is 0 Å². The molecule has 4 heteroatoms. The SMILES string of the molecule is CC1CCC2(C)CCC3(C)C(=CCC4C5(C)CC(O)C(O)C(C)(C(=O)O)C5CCC43C)C2C1C. The number of aliphatic hydroxyl groups is 2. The first-order valence-corrected chi connectivity index (χ1v) is 14.0. The van der Waals surface area contributed by atoms with Gasteiger partial charge in [0.25, 0.3) is 0 Å². The number of hydrogen-bond donors (Lipinski definition) is 3. The smallest absolute Gasteiger partial charge is 0.312 e. The molecule has 34 heavy (non-hydrogen) atoms. The highest BCUT2D eigenvalue weighted by Crippen LogP contribution is 2.75. The molecule has 5 aliphatic carbocycles. The van der Waals surface area contributed by atoms with Crippen molar-refractivity contribution in [2.45, 2.75) is 112 Å². The normalized spacial score (nSPS) is 59.1. The van der Waals surface area contributed by atoms with Crippen molar-refractivity contribution < 1.29 is 20.1 Å². The maximum atomic E-state index is 12.5. The first kappa shape index (κ1) is 24.8. The van der Waals surface area contributed by atoms with Crippen LogP contribution in [-0.2, 0) is 4.79 Å². The molecule has 3 N–H and O–H groups in total. The van der Waals surface area contributed by atoms with E-state index in [4.69, 9.17) is 0 Å². The summed E-state index contributed by atoms with van der Waals surface area (Å²) in [6.45, 7) is 16.4. The highest BCUT2D eigenvalue weighted by atomic mass is 16.4. The fourth-order valence-electron chi connectivity index (χ4n) is 10.9. The van der Waals surface area contributed by atoms with E-state index in [1.165, 1.54) is 25.7 Å². The van der Waals surface area contributed by atoms with Crippen LogP contribution in [0.3, 0.4) is 0 Å². The van der Waals surface area contributed by atoms with Crippen LogP contribution in [0.2, 0.25) is 0 Å².